The molecule has 0 spiro atoms. The minimum Gasteiger partial charge on any atom is -0.467 e. The lowest BCUT2D eigenvalue weighted by Gasteiger charge is -2.24. The van der Waals surface area contributed by atoms with Gasteiger partial charge in [0, 0.05) is 0 Å². The molecular weight excluding hydrogens is 220 g/mol. The molecule has 0 aromatic heterocycles. The summed E-state index contributed by atoms with van der Waals surface area (Å²) in [5.74, 6) is -0.339. The molecule has 1 aromatic rings. The van der Waals surface area contributed by atoms with Crippen LogP contribution in [-0.4, -0.2) is 21.4 Å². The van der Waals surface area contributed by atoms with Crippen LogP contribution in [0, 0.1) is 0 Å². The molecule has 0 fully saturated rings. The van der Waals surface area contributed by atoms with Crippen LogP contribution in [-0.2, 0) is 14.0 Å². The fraction of sp³-hybridized carbons (Fsp3) is 0.417. The number of ether oxygens (including phenoxy) is 1. The molecule has 3 nitrogen and oxygen atoms in total. The van der Waals surface area contributed by atoms with E-state index in [9.17, 15) is 4.79 Å². The lowest BCUT2D eigenvalue weighted by molar-refractivity contribution is -0.149. The molecule has 88 valence electrons. The second-order valence-electron chi connectivity index (χ2n) is 4.54. The number of hydrogen-bond acceptors (Lipinski definition) is 3. The van der Waals surface area contributed by atoms with Crippen LogP contribution in [0.2, 0.25) is 19.6 Å². The minimum atomic E-state index is -1.78. The average molecular weight is 238 g/mol. The van der Waals surface area contributed by atoms with Crippen molar-refractivity contribution in [2.24, 2.45) is 0 Å². The van der Waals surface area contributed by atoms with Crippen LogP contribution in [0.5, 0.6) is 0 Å². The predicted octanol–water partition coefficient (Wildman–Crippen LogP) is 2.75. The summed E-state index contributed by atoms with van der Waals surface area (Å²) >= 11 is 0. The molecule has 0 aliphatic heterocycles. The molecule has 0 heterocycles. The van der Waals surface area contributed by atoms with Gasteiger partial charge in [-0.2, -0.15) is 0 Å². The maximum Gasteiger partial charge on any atom is 0.338 e. The van der Waals surface area contributed by atoms with Crippen LogP contribution in [0.3, 0.4) is 0 Å². The van der Waals surface area contributed by atoms with Gasteiger partial charge in [-0.05, 0) is 25.2 Å². The van der Waals surface area contributed by atoms with E-state index in [-0.39, 0.29) is 5.97 Å². The summed E-state index contributed by atoms with van der Waals surface area (Å²) in [5.41, 5.74) is 0.844. The van der Waals surface area contributed by atoms with E-state index in [2.05, 4.69) is 0 Å². The summed E-state index contributed by atoms with van der Waals surface area (Å²) in [6.07, 6.45) is -0.599. The van der Waals surface area contributed by atoms with Gasteiger partial charge < -0.3 is 9.16 Å². The van der Waals surface area contributed by atoms with Crippen LogP contribution in [0.1, 0.15) is 11.7 Å². The van der Waals surface area contributed by atoms with E-state index in [0.29, 0.717) is 0 Å². The Balaban J connectivity index is 2.93. The third-order valence-electron chi connectivity index (χ3n) is 1.99. The number of benzene rings is 1. The Kier molecular flexibility index (Phi) is 4.26. The lowest BCUT2D eigenvalue weighted by atomic mass is 10.1. The second kappa shape index (κ2) is 5.27. The molecule has 0 saturated carbocycles. The second-order valence-corrected chi connectivity index (χ2v) is 9.00. The van der Waals surface area contributed by atoms with Gasteiger partial charge in [-0.3, -0.25) is 0 Å². The van der Waals surface area contributed by atoms with E-state index in [1.807, 2.05) is 50.0 Å². The molecule has 1 aromatic carbocycles. The van der Waals surface area contributed by atoms with E-state index in [1.165, 1.54) is 7.11 Å². The molecule has 1 atom stereocenters. The first kappa shape index (κ1) is 12.9. The number of carbonyl (C=O) groups excluding carboxylic acids is 1. The van der Waals surface area contributed by atoms with Crippen molar-refractivity contribution in [3.8, 4) is 0 Å². The fourth-order valence-corrected chi connectivity index (χ4v) is 2.28. The summed E-state index contributed by atoms with van der Waals surface area (Å²) in [6, 6.07) is 9.44. The highest BCUT2D eigenvalue weighted by Crippen LogP contribution is 2.23. The van der Waals surface area contributed by atoms with Gasteiger partial charge in [0.1, 0.15) is 0 Å². The summed E-state index contributed by atoms with van der Waals surface area (Å²) in [4.78, 5) is 11.7. The first-order valence-corrected chi connectivity index (χ1v) is 8.65. The van der Waals surface area contributed by atoms with E-state index in [0.717, 1.165) is 5.56 Å². The van der Waals surface area contributed by atoms with E-state index >= 15 is 0 Å². The normalized spacial score (nSPS) is 13.2. The van der Waals surface area contributed by atoms with Gasteiger partial charge in [0.2, 0.25) is 0 Å². The van der Waals surface area contributed by atoms with Gasteiger partial charge in [0.25, 0.3) is 0 Å². The maximum atomic E-state index is 11.7. The zero-order valence-electron chi connectivity index (χ0n) is 10.2. The van der Waals surface area contributed by atoms with E-state index < -0.39 is 14.4 Å². The van der Waals surface area contributed by atoms with Crippen LogP contribution in [0.25, 0.3) is 0 Å². The molecule has 0 N–H and O–H groups in total. The summed E-state index contributed by atoms with van der Waals surface area (Å²) in [5, 5.41) is 0. The van der Waals surface area contributed by atoms with Crippen LogP contribution in [0.15, 0.2) is 30.3 Å². The van der Waals surface area contributed by atoms with E-state index in [4.69, 9.17) is 9.16 Å². The van der Waals surface area contributed by atoms with Crippen molar-refractivity contribution in [2.75, 3.05) is 7.11 Å². The number of methoxy groups -OCH3 is 1. The smallest absolute Gasteiger partial charge is 0.338 e. The molecular formula is C12H18O3Si. The molecule has 1 unspecified atom stereocenters. The van der Waals surface area contributed by atoms with Gasteiger partial charge in [0.05, 0.1) is 7.11 Å². The zero-order chi connectivity index (χ0) is 12.2. The summed E-state index contributed by atoms with van der Waals surface area (Å²) in [6.45, 7) is 6.14. The van der Waals surface area contributed by atoms with Gasteiger partial charge in [0.15, 0.2) is 14.4 Å². The number of esters is 1. The number of rotatable bonds is 4. The van der Waals surface area contributed by atoms with Crippen LogP contribution < -0.4 is 0 Å². The van der Waals surface area contributed by atoms with Crippen molar-refractivity contribution in [2.45, 2.75) is 25.7 Å². The fourth-order valence-electron chi connectivity index (χ4n) is 1.34. The highest BCUT2D eigenvalue weighted by molar-refractivity contribution is 6.69. The predicted molar refractivity (Wildman–Crippen MR) is 65.6 cm³/mol. The van der Waals surface area contributed by atoms with Crippen molar-refractivity contribution >= 4 is 14.3 Å². The third kappa shape index (κ3) is 3.79. The molecule has 0 amide bonds. The molecule has 0 aliphatic rings. The van der Waals surface area contributed by atoms with Crippen molar-refractivity contribution in [3.63, 3.8) is 0 Å². The Morgan fingerprint density at radius 2 is 1.75 bits per heavy atom. The molecule has 16 heavy (non-hydrogen) atoms. The molecule has 0 aliphatic carbocycles. The molecule has 0 saturated heterocycles. The third-order valence-corrected chi connectivity index (χ3v) is 2.93. The zero-order valence-corrected chi connectivity index (χ0v) is 11.2. The summed E-state index contributed by atoms with van der Waals surface area (Å²) < 4.78 is 10.6. The largest absolute Gasteiger partial charge is 0.467 e. The number of carbonyl (C=O) groups is 1. The minimum absolute atomic E-state index is 0.339. The molecule has 0 bridgehead atoms. The quantitative estimate of drug-likeness (QED) is 0.597. The Morgan fingerprint density at radius 1 is 1.19 bits per heavy atom. The monoisotopic (exact) mass is 238 g/mol. The van der Waals surface area contributed by atoms with Crippen LogP contribution in [0.4, 0.5) is 0 Å². The summed E-state index contributed by atoms with van der Waals surface area (Å²) in [7, 11) is -0.402. The average Bonchev–Trinajstić information content (AvgIpc) is 2.25. The first-order valence-electron chi connectivity index (χ1n) is 5.24. The number of hydrogen-bond donors (Lipinski definition) is 0. The molecule has 0 radical (unpaired) electrons. The van der Waals surface area contributed by atoms with Gasteiger partial charge in [-0.25, -0.2) is 4.79 Å². The SMILES string of the molecule is COC(=O)C(O[Si](C)(C)C)c1ccccc1. The Bertz CT molecular complexity index is 343. The first-order chi connectivity index (χ1) is 7.44. The van der Waals surface area contributed by atoms with Gasteiger partial charge in [-0.1, -0.05) is 30.3 Å². The van der Waals surface area contributed by atoms with Crippen molar-refractivity contribution in [1.29, 1.82) is 0 Å². The highest BCUT2D eigenvalue weighted by Gasteiger charge is 2.28. The Morgan fingerprint density at radius 3 is 2.19 bits per heavy atom. The Labute approximate surface area is 97.5 Å². The van der Waals surface area contributed by atoms with Gasteiger partial charge >= 0.3 is 5.97 Å². The van der Waals surface area contributed by atoms with Crippen molar-refractivity contribution < 1.29 is 14.0 Å². The van der Waals surface area contributed by atoms with Crippen LogP contribution >= 0.6 is 0 Å². The molecule has 4 heteroatoms. The Hall–Kier alpha value is -1.13. The highest BCUT2D eigenvalue weighted by atomic mass is 28.4. The van der Waals surface area contributed by atoms with Crippen molar-refractivity contribution in [3.05, 3.63) is 35.9 Å². The molecule has 1 rings (SSSR count). The topological polar surface area (TPSA) is 35.5 Å². The van der Waals surface area contributed by atoms with Gasteiger partial charge in [-0.15, -0.1) is 0 Å². The standard InChI is InChI=1S/C12H18O3Si/c1-14-12(13)11(15-16(2,3)4)10-8-6-5-7-9-10/h5-9,11H,1-4H3. The maximum absolute atomic E-state index is 11.7. The lowest BCUT2D eigenvalue weighted by Crippen LogP contribution is -2.32. The van der Waals surface area contributed by atoms with E-state index in [1.54, 1.807) is 0 Å². The van der Waals surface area contributed by atoms with Crippen molar-refractivity contribution in [1.82, 2.24) is 0 Å².